The number of hydrogen-bond donors (Lipinski definition) is 2. The van der Waals surface area contributed by atoms with E-state index in [0.717, 1.165) is 0 Å². The average Bonchev–Trinajstić information content (AvgIpc) is 2.91. The van der Waals surface area contributed by atoms with Crippen molar-refractivity contribution < 1.29 is 13.9 Å². The summed E-state index contributed by atoms with van der Waals surface area (Å²) in [6.45, 7) is 1.75. The number of ether oxygens (including phenoxy) is 1. The molecular weight excluding hydrogens is 283 g/mol. The average molecular weight is 296 g/mol. The predicted octanol–water partition coefficient (Wildman–Crippen LogP) is 2.57. The molecule has 1 aromatic heterocycles. The Hall–Kier alpha value is -2.22. The van der Waals surface area contributed by atoms with Crippen LogP contribution in [0.25, 0.3) is 0 Å². The van der Waals surface area contributed by atoms with Gasteiger partial charge in [-0.3, -0.25) is 5.32 Å². The fourth-order valence-electron chi connectivity index (χ4n) is 1.59. The number of carbonyl (C=O) groups is 1. The Balaban J connectivity index is 1.99. The van der Waals surface area contributed by atoms with Crippen molar-refractivity contribution in [3.63, 3.8) is 0 Å². The second-order valence-electron chi connectivity index (χ2n) is 3.96. The summed E-state index contributed by atoms with van der Waals surface area (Å²) in [4.78, 5) is 11.7. The van der Waals surface area contributed by atoms with Gasteiger partial charge in [0.2, 0.25) is 5.13 Å². The smallest absolute Gasteiger partial charge is 0.321 e. The summed E-state index contributed by atoms with van der Waals surface area (Å²) in [5, 5.41) is 12.9. The van der Waals surface area contributed by atoms with Crippen molar-refractivity contribution in [1.29, 1.82) is 0 Å². The summed E-state index contributed by atoms with van der Waals surface area (Å²) in [5.41, 5.74) is 2.15. The molecule has 1 heterocycles. The normalized spacial score (nSPS) is 11.8. The Labute approximate surface area is 119 Å². The first kappa shape index (κ1) is 14.2. The highest BCUT2D eigenvalue weighted by molar-refractivity contribution is 7.13. The van der Waals surface area contributed by atoms with Crippen LogP contribution in [0.4, 0.5) is 14.3 Å². The van der Waals surface area contributed by atoms with Crippen LogP contribution in [0, 0.1) is 5.82 Å². The van der Waals surface area contributed by atoms with Crippen molar-refractivity contribution >= 4 is 22.5 Å². The number of amides is 2. The van der Waals surface area contributed by atoms with Gasteiger partial charge in [0.1, 0.15) is 5.51 Å². The molecule has 2 amide bonds. The Morgan fingerprint density at radius 2 is 2.30 bits per heavy atom. The lowest BCUT2D eigenvalue weighted by Crippen LogP contribution is -2.31. The van der Waals surface area contributed by atoms with Crippen molar-refractivity contribution in [3.8, 4) is 5.75 Å². The Kier molecular flexibility index (Phi) is 4.46. The third-order valence-electron chi connectivity index (χ3n) is 2.60. The molecule has 0 bridgehead atoms. The van der Waals surface area contributed by atoms with Crippen LogP contribution in [0.3, 0.4) is 0 Å². The third kappa shape index (κ3) is 3.41. The zero-order valence-electron chi connectivity index (χ0n) is 10.9. The first-order valence-corrected chi connectivity index (χ1v) is 6.65. The van der Waals surface area contributed by atoms with Crippen molar-refractivity contribution in [3.05, 3.63) is 35.1 Å². The van der Waals surface area contributed by atoms with Crippen LogP contribution in [-0.2, 0) is 0 Å². The lowest BCUT2D eigenvalue weighted by molar-refractivity contribution is 0.249. The van der Waals surface area contributed by atoms with E-state index in [0.29, 0.717) is 10.7 Å². The minimum Gasteiger partial charge on any atom is -0.494 e. The molecule has 0 aliphatic rings. The zero-order chi connectivity index (χ0) is 14.5. The molecule has 0 saturated heterocycles. The van der Waals surface area contributed by atoms with Gasteiger partial charge in [0.15, 0.2) is 11.6 Å². The van der Waals surface area contributed by atoms with Gasteiger partial charge in [-0.05, 0) is 24.6 Å². The summed E-state index contributed by atoms with van der Waals surface area (Å²) in [6, 6.07) is 3.76. The second kappa shape index (κ2) is 6.29. The first-order valence-electron chi connectivity index (χ1n) is 5.77. The molecular formula is C12H13FN4O2S. The number of nitrogens with one attached hydrogen (secondary N) is 2. The lowest BCUT2D eigenvalue weighted by Gasteiger charge is -2.15. The van der Waals surface area contributed by atoms with Crippen LogP contribution in [0.2, 0.25) is 0 Å². The van der Waals surface area contributed by atoms with Crippen molar-refractivity contribution in [2.24, 2.45) is 0 Å². The minimum atomic E-state index is -0.469. The third-order valence-corrected chi connectivity index (χ3v) is 3.21. The largest absolute Gasteiger partial charge is 0.494 e. The maximum atomic E-state index is 13.6. The Bertz CT molecular complexity index is 591. The van der Waals surface area contributed by atoms with Gasteiger partial charge in [-0.2, -0.15) is 0 Å². The molecule has 1 aromatic carbocycles. The molecule has 20 heavy (non-hydrogen) atoms. The molecule has 0 saturated carbocycles. The molecule has 106 valence electrons. The van der Waals surface area contributed by atoms with E-state index in [2.05, 4.69) is 20.8 Å². The van der Waals surface area contributed by atoms with Gasteiger partial charge >= 0.3 is 6.03 Å². The van der Waals surface area contributed by atoms with Gasteiger partial charge in [-0.15, -0.1) is 10.2 Å². The standard InChI is InChI=1S/C12H13FN4O2S/c1-7(8-3-4-10(19-2)9(13)5-8)15-11(18)16-12-17-14-6-20-12/h3-7H,1-2H3,(H2,15,16,17,18). The van der Waals surface area contributed by atoms with Crippen LogP contribution < -0.4 is 15.4 Å². The van der Waals surface area contributed by atoms with E-state index in [4.69, 9.17) is 4.74 Å². The fraction of sp³-hybridized carbons (Fsp3) is 0.250. The van der Waals surface area contributed by atoms with Crippen LogP contribution >= 0.6 is 11.3 Å². The number of benzene rings is 1. The van der Waals surface area contributed by atoms with Crippen LogP contribution in [-0.4, -0.2) is 23.3 Å². The molecule has 0 radical (unpaired) electrons. The minimum absolute atomic E-state index is 0.166. The molecule has 1 atom stereocenters. The summed E-state index contributed by atoms with van der Waals surface area (Å²) in [5.74, 6) is -0.303. The van der Waals surface area contributed by atoms with Gasteiger partial charge in [0, 0.05) is 0 Å². The number of rotatable bonds is 4. The van der Waals surface area contributed by atoms with Gasteiger partial charge in [0.05, 0.1) is 13.2 Å². The Morgan fingerprint density at radius 1 is 1.50 bits per heavy atom. The van der Waals surface area contributed by atoms with E-state index < -0.39 is 11.8 Å². The Morgan fingerprint density at radius 3 is 2.90 bits per heavy atom. The molecule has 0 spiro atoms. The van der Waals surface area contributed by atoms with Crippen LogP contribution in [0.15, 0.2) is 23.7 Å². The number of anilines is 1. The van der Waals surface area contributed by atoms with E-state index in [-0.39, 0.29) is 11.8 Å². The second-order valence-corrected chi connectivity index (χ2v) is 4.79. The van der Waals surface area contributed by atoms with Crippen molar-refractivity contribution in [2.75, 3.05) is 12.4 Å². The van der Waals surface area contributed by atoms with Crippen LogP contribution in [0.1, 0.15) is 18.5 Å². The highest BCUT2D eigenvalue weighted by atomic mass is 32.1. The highest BCUT2D eigenvalue weighted by Crippen LogP contribution is 2.21. The molecule has 0 aliphatic carbocycles. The molecule has 2 aromatic rings. The first-order chi connectivity index (χ1) is 9.60. The van der Waals surface area contributed by atoms with Gasteiger partial charge < -0.3 is 10.1 Å². The van der Waals surface area contributed by atoms with Crippen molar-refractivity contribution in [1.82, 2.24) is 15.5 Å². The molecule has 6 nitrogen and oxygen atoms in total. The fourth-order valence-corrected chi connectivity index (χ4v) is 2.03. The number of nitrogens with zero attached hydrogens (tertiary/aromatic N) is 2. The molecule has 2 N–H and O–H groups in total. The van der Waals surface area contributed by atoms with Crippen LogP contribution in [0.5, 0.6) is 5.75 Å². The zero-order valence-corrected chi connectivity index (χ0v) is 11.7. The lowest BCUT2D eigenvalue weighted by atomic mass is 10.1. The number of carbonyl (C=O) groups excluding carboxylic acids is 1. The maximum absolute atomic E-state index is 13.6. The van der Waals surface area contributed by atoms with Crippen molar-refractivity contribution in [2.45, 2.75) is 13.0 Å². The number of urea groups is 1. The molecule has 2 rings (SSSR count). The number of methoxy groups -OCH3 is 1. The van der Waals surface area contributed by atoms with E-state index in [1.54, 1.807) is 13.0 Å². The molecule has 0 fully saturated rings. The topological polar surface area (TPSA) is 76.1 Å². The van der Waals surface area contributed by atoms with Gasteiger partial charge in [-0.25, -0.2) is 9.18 Å². The van der Waals surface area contributed by atoms with E-state index in [1.807, 2.05) is 0 Å². The van der Waals surface area contributed by atoms with Gasteiger partial charge in [-0.1, -0.05) is 17.4 Å². The summed E-state index contributed by atoms with van der Waals surface area (Å²) in [6.07, 6.45) is 0. The summed E-state index contributed by atoms with van der Waals surface area (Å²) < 4.78 is 18.4. The summed E-state index contributed by atoms with van der Waals surface area (Å²) >= 11 is 1.21. The number of hydrogen-bond acceptors (Lipinski definition) is 5. The maximum Gasteiger partial charge on any atom is 0.321 e. The highest BCUT2D eigenvalue weighted by Gasteiger charge is 2.13. The molecule has 0 aliphatic heterocycles. The monoisotopic (exact) mass is 296 g/mol. The van der Waals surface area contributed by atoms with E-state index in [9.17, 15) is 9.18 Å². The van der Waals surface area contributed by atoms with Gasteiger partial charge in [0.25, 0.3) is 0 Å². The molecule has 1 unspecified atom stereocenters. The number of halogens is 1. The molecule has 8 heteroatoms. The van der Waals surface area contributed by atoms with E-state index in [1.165, 1.54) is 36.1 Å². The predicted molar refractivity (Wildman–Crippen MR) is 73.4 cm³/mol. The SMILES string of the molecule is COc1ccc(C(C)NC(=O)Nc2nncs2)cc1F. The summed E-state index contributed by atoms with van der Waals surface area (Å²) in [7, 11) is 1.40. The number of aromatic nitrogens is 2. The quantitative estimate of drug-likeness (QED) is 0.909. The van der Waals surface area contributed by atoms with E-state index >= 15 is 0 Å².